The Balaban J connectivity index is 1.66. The van der Waals surface area contributed by atoms with E-state index < -0.39 is 0 Å². The number of nitrogens with one attached hydrogen (secondary N) is 1. The van der Waals surface area contributed by atoms with Crippen LogP contribution in [0, 0.1) is 13.8 Å². The number of hydrogen-bond acceptors (Lipinski definition) is 4. The van der Waals surface area contributed by atoms with Gasteiger partial charge >= 0.3 is 0 Å². The summed E-state index contributed by atoms with van der Waals surface area (Å²) in [5.74, 6) is 2.33. The molecule has 27 heavy (non-hydrogen) atoms. The highest BCUT2D eigenvalue weighted by Crippen LogP contribution is 2.27. The molecular formula is C22H29NO4. The van der Waals surface area contributed by atoms with Gasteiger partial charge in [0.1, 0.15) is 5.75 Å². The zero-order valence-corrected chi connectivity index (χ0v) is 16.6. The van der Waals surface area contributed by atoms with Crippen LogP contribution >= 0.6 is 0 Å². The highest BCUT2D eigenvalue weighted by molar-refractivity contribution is 5.75. The number of amides is 1. The van der Waals surface area contributed by atoms with Crippen molar-refractivity contribution in [3.63, 3.8) is 0 Å². The van der Waals surface area contributed by atoms with Crippen molar-refractivity contribution in [2.45, 2.75) is 33.1 Å². The lowest BCUT2D eigenvalue weighted by atomic mass is 10.1. The minimum absolute atomic E-state index is 0.0414. The van der Waals surface area contributed by atoms with Crippen LogP contribution in [0.5, 0.6) is 17.2 Å². The molecule has 0 radical (unpaired) electrons. The fraction of sp³-hybridized carbons (Fsp3) is 0.409. The van der Waals surface area contributed by atoms with Gasteiger partial charge in [0.25, 0.3) is 0 Å². The number of carbonyl (C=O) groups excluding carboxylic acids is 1. The SMILES string of the molecule is COc1ccc(CCNC(=O)CCCOc2ccc(C)cc2C)cc1OC. The number of methoxy groups -OCH3 is 2. The normalized spacial score (nSPS) is 10.4. The van der Waals surface area contributed by atoms with Crippen molar-refractivity contribution < 1.29 is 19.0 Å². The average molecular weight is 371 g/mol. The highest BCUT2D eigenvalue weighted by atomic mass is 16.5. The first kappa shape index (κ1) is 20.6. The summed E-state index contributed by atoms with van der Waals surface area (Å²) in [5, 5.41) is 2.95. The molecular weight excluding hydrogens is 342 g/mol. The Morgan fingerprint density at radius 2 is 1.70 bits per heavy atom. The van der Waals surface area contributed by atoms with Gasteiger partial charge in [0.2, 0.25) is 5.91 Å². The minimum Gasteiger partial charge on any atom is -0.493 e. The molecule has 5 nitrogen and oxygen atoms in total. The molecule has 1 amide bonds. The van der Waals surface area contributed by atoms with Crippen LogP contribution in [0.4, 0.5) is 0 Å². The molecule has 2 rings (SSSR count). The molecule has 2 aromatic carbocycles. The number of aryl methyl sites for hydroxylation is 2. The Morgan fingerprint density at radius 1 is 0.963 bits per heavy atom. The van der Waals surface area contributed by atoms with Gasteiger partial charge in [0.15, 0.2) is 11.5 Å². The van der Waals surface area contributed by atoms with Crippen molar-refractivity contribution in [2.24, 2.45) is 0 Å². The largest absolute Gasteiger partial charge is 0.493 e. The van der Waals surface area contributed by atoms with Gasteiger partial charge in [-0.15, -0.1) is 0 Å². The molecule has 0 spiro atoms. The van der Waals surface area contributed by atoms with Crippen molar-refractivity contribution in [2.75, 3.05) is 27.4 Å². The zero-order chi connectivity index (χ0) is 19.6. The smallest absolute Gasteiger partial charge is 0.220 e. The molecule has 146 valence electrons. The first-order chi connectivity index (χ1) is 13.0. The summed E-state index contributed by atoms with van der Waals surface area (Å²) in [7, 11) is 3.23. The molecule has 0 aliphatic carbocycles. The molecule has 0 fully saturated rings. The lowest BCUT2D eigenvalue weighted by Crippen LogP contribution is -2.25. The van der Waals surface area contributed by atoms with Crippen LogP contribution in [0.25, 0.3) is 0 Å². The predicted molar refractivity (Wildman–Crippen MR) is 107 cm³/mol. The third-order valence-corrected chi connectivity index (χ3v) is 4.32. The Labute approximate surface area is 161 Å². The van der Waals surface area contributed by atoms with E-state index in [2.05, 4.69) is 18.3 Å². The molecule has 5 heteroatoms. The fourth-order valence-corrected chi connectivity index (χ4v) is 2.85. The van der Waals surface area contributed by atoms with Gasteiger partial charge in [-0.3, -0.25) is 4.79 Å². The van der Waals surface area contributed by atoms with E-state index in [1.807, 2.05) is 37.3 Å². The maximum absolute atomic E-state index is 12.0. The van der Waals surface area contributed by atoms with E-state index in [-0.39, 0.29) is 5.91 Å². The second-order valence-corrected chi connectivity index (χ2v) is 6.51. The second-order valence-electron chi connectivity index (χ2n) is 6.51. The molecule has 0 aliphatic rings. The Kier molecular flexibility index (Phi) is 7.99. The van der Waals surface area contributed by atoms with Crippen LogP contribution in [0.3, 0.4) is 0 Å². The standard InChI is InChI=1S/C22H29NO4/c1-16-7-9-19(17(2)14-16)27-13-5-6-22(24)23-12-11-18-8-10-20(25-3)21(15-18)26-4/h7-10,14-15H,5-6,11-13H2,1-4H3,(H,23,24). The molecule has 0 saturated carbocycles. The minimum atomic E-state index is 0.0414. The molecule has 0 heterocycles. The molecule has 0 aromatic heterocycles. The first-order valence-electron chi connectivity index (χ1n) is 9.21. The Hall–Kier alpha value is -2.69. The van der Waals surface area contributed by atoms with Crippen molar-refractivity contribution in [1.29, 1.82) is 0 Å². The van der Waals surface area contributed by atoms with Crippen molar-refractivity contribution >= 4 is 5.91 Å². The van der Waals surface area contributed by atoms with Crippen molar-refractivity contribution in [3.05, 3.63) is 53.1 Å². The average Bonchev–Trinajstić information content (AvgIpc) is 2.66. The highest BCUT2D eigenvalue weighted by Gasteiger charge is 2.06. The van der Waals surface area contributed by atoms with E-state index in [0.29, 0.717) is 37.5 Å². The lowest BCUT2D eigenvalue weighted by molar-refractivity contribution is -0.121. The third-order valence-electron chi connectivity index (χ3n) is 4.32. The van der Waals surface area contributed by atoms with Crippen LogP contribution in [-0.2, 0) is 11.2 Å². The fourth-order valence-electron chi connectivity index (χ4n) is 2.85. The van der Waals surface area contributed by atoms with Gasteiger partial charge in [0, 0.05) is 13.0 Å². The molecule has 1 N–H and O–H groups in total. The zero-order valence-electron chi connectivity index (χ0n) is 16.6. The van der Waals surface area contributed by atoms with Gasteiger partial charge in [-0.1, -0.05) is 23.8 Å². The number of rotatable bonds is 10. The third kappa shape index (κ3) is 6.51. The predicted octanol–water partition coefficient (Wildman–Crippen LogP) is 3.84. The number of carbonyl (C=O) groups is 1. The summed E-state index contributed by atoms with van der Waals surface area (Å²) in [4.78, 5) is 12.0. The summed E-state index contributed by atoms with van der Waals surface area (Å²) >= 11 is 0. The summed E-state index contributed by atoms with van der Waals surface area (Å²) in [6.07, 6.45) is 1.89. The Bertz CT molecular complexity index is 758. The summed E-state index contributed by atoms with van der Waals surface area (Å²) in [6, 6.07) is 11.9. The van der Waals surface area contributed by atoms with Gasteiger partial charge in [-0.25, -0.2) is 0 Å². The van der Waals surface area contributed by atoms with Gasteiger partial charge in [-0.2, -0.15) is 0 Å². The Morgan fingerprint density at radius 3 is 2.41 bits per heavy atom. The maximum atomic E-state index is 12.0. The molecule has 0 unspecified atom stereocenters. The summed E-state index contributed by atoms with van der Waals surface area (Å²) < 4.78 is 16.3. The summed E-state index contributed by atoms with van der Waals surface area (Å²) in [6.45, 7) is 5.21. The van der Waals surface area contributed by atoms with Gasteiger partial charge in [-0.05, 0) is 56.0 Å². The van der Waals surface area contributed by atoms with Crippen LogP contribution in [0.1, 0.15) is 29.5 Å². The topological polar surface area (TPSA) is 56.8 Å². The van der Waals surface area contributed by atoms with Crippen LogP contribution in [-0.4, -0.2) is 33.3 Å². The molecule has 0 bridgehead atoms. The molecule has 0 saturated heterocycles. The molecule has 0 aliphatic heterocycles. The quantitative estimate of drug-likeness (QED) is 0.645. The number of hydrogen-bond donors (Lipinski definition) is 1. The van der Waals surface area contributed by atoms with E-state index in [4.69, 9.17) is 14.2 Å². The van der Waals surface area contributed by atoms with E-state index in [1.165, 1.54) is 5.56 Å². The number of ether oxygens (including phenoxy) is 3. The van der Waals surface area contributed by atoms with Gasteiger partial charge < -0.3 is 19.5 Å². The van der Waals surface area contributed by atoms with E-state index in [1.54, 1.807) is 14.2 Å². The molecule has 2 aromatic rings. The van der Waals surface area contributed by atoms with Gasteiger partial charge in [0.05, 0.1) is 20.8 Å². The van der Waals surface area contributed by atoms with Crippen LogP contribution in [0.15, 0.2) is 36.4 Å². The first-order valence-corrected chi connectivity index (χ1v) is 9.21. The van der Waals surface area contributed by atoms with Crippen LogP contribution < -0.4 is 19.5 Å². The second kappa shape index (κ2) is 10.5. The maximum Gasteiger partial charge on any atom is 0.220 e. The van der Waals surface area contributed by atoms with E-state index >= 15 is 0 Å². The van der Waals surface area contributed by atoms with Crippen molar-refractivity contribution in [1.82, 2.24) is 5.32 Å². The van der Waals surface area contributed by atoms with Crippen molar-refractivity contribution in [3.8, 4) is 17.2 Å². The van der Waals surface area contributed by atoms with Crippen LogP contribution in [0.2, 0.25) is 0 Å². The number of benzene rings is 2. The molecule has 0 atom stereocenters. The lowest BCUT2D eigenvalue weighted by Gasteiger charge is -2.11. The monoisotopic (exact) mass is 371 g/mol. The summed E-state index contributed by atoms with van der Waals surface area (Å²) in [5.41, 5.74) is 3.43. The van der Waals surface area contributed by atoms with E-state index in [9.17, 15) is 4.79 Å². The van der Waals surface area contributed by atoms with E-state index in [0.717, 1.165) is 23.3 Å².